The largest absolute Gasteiger partial charge is 0.466 e. The number of carbonyl (C=O) groups is 2. The number of carbonyl (C=O) groups excluding carboxylic acids is 2. The van der Waals surface area contributed by atoms with Crippen molar-refractivity contribution in [2.75, 3.05) is 13.2 Å². The van der Waals surface area contributed by atoms with E-state index in [1.165, 1.54) is 340 Å². The molecule has 81 heavy (non-hydrogen) atoms. The van der Waals surface area contributed by atoms with Crippen molar-refractivity contribution >= 4 is 11.9 Å². The van der Waals surface area contributed by atoms with Crippen molar-refractivity contribution in [3.63, 3.8) is 0 Å². The summed E-state index contributed by atoms with van der Waals surface area (Å²) in [5.41, 5.74) is 0. The zero-order valence-electron chi connectivity index (χ0n) is 55.0. The van der Waals surface area contributed by atoms with Crippen LogP contribution in [0.5, 0.6) is 0 Å². The lowest BCUT2D eigenvalue weighted by Gasteiger charge is -2.22. The second kappa shape index (κ2) is 70.8. The highest BCUT2D eigenvalue weighted by molar-refractivity contribution is 5.76. The molecule has 0 aliphatic heterocycles. The minimum Gasteiger partial charge on any atom is -0.466 e. The van der Waals surface area contributed by atoms with Crippen molar-refractivity contribution in [3.05, 3.63) is 24.3 Å². The van der Waals surface area contributed by atoms with Gasteiger partial charge in [0.2, 0.25) is 5.91 Å². The molecule has 0 aromatic rings. The molecular weight excluding hydrogens is 995 g/mol. The molecule has 0 bridgehead atoms. The van der Waals surface area contributed by atoms with Crippen LogP contribution in [0.4, 0.5) is 0 Å². The Morgan fingerprint density at radius 3 is 0.938 bits per heavy atom. The molecule has 0 aromatic carbocycles. The first-order valence-corrected chi connectivity index (χ1v) is 37.1. The van der Waals surface area contributed by atoms with E-state index in [1.54, 1.807) is 0 Å². The number of nitrogens with one attached hydrogen (secondary N) is 1. The first-order valence-electron chi connectivity index (χ1n) is 37.1. The number of rotatable bonds is 70. The van der Waals surface area contributed by atoms with E-state index in [0.717, 1.165) is 44.9 Å². The smallest absolute Gasteiger partial charge is 0.305 e. The van der Waals surface area contributed by atoms with Gasteiger partial charge in [-0.05, 0) is 57.8 Å². The van der Waals surface area contributed by atoms with Crippen molar-refractivity contribution < 1.29 is 24.5 Å². The number of amides is 1. The number of allylic oxidation sites excluding steroid dienone is 4. The molecule has 480 valence electrons. The molecule has 6 heteroatoms. The summed E-state index contributed by atoms with van der Waals surface area (Å²) < 4.78 is 5.51. The molecule has 3 N–H and O–H groups in total. The molecule has 0 rings (SSSR count). The van der Waals surface area contributed by atoms with Gasteiger partial charge in [-0.2, -0.15) is 0 Å². The fourth-order valence-electron chi connectivity index (χ4n) is 11.9. The van der Waals surface area contributed by atoms with Crippen LogP contribution in [0.3, 0.4) is 0 Å². The summed E-state index contributed by atoms with van der Waals surface area (Å²) in [7, 11) is 0. The van der Waals surface area contributed by atoms with E-state index in [9.17, 15) is 19.8 Å². The van der Waals surface area contributed by atoms with Crippen LogP contribution in [-0.2, 0) is 14.3 Å². The Labute approximate surface area is 507 Å². The molecule has 1 amide bonds. The molecule has 0 saturated carbocycles. The Bertz CT molecular complexity index is 1270. The number of esters is 1. The highest BCUT2D eigenvalue weighted by atomic mass is 16.5. The van der Waals surface area contributed by atoms with Crippen LogP contribution in [0.15, 0.2) is 24.3 Å². The lowest BCUT2D eigenvalue weighted by molar-refractivity contribution is -0.143. The average Bonchev–Trinajstić information content (AvgIpc) is 3.47. The van der Waals surface area contributed by atoms with Crippen molar-refractivity contribution in [2.24, 2.45) is 0 Å². The molecule has 0 aliphatic carbocycles. The molecular formula is C75H145NO5. The number of ether oxygens (including phenoxy) is 1. The van der Waals surface area contributed by atoms with Gasteiger partial charge in [-0.25, -0.2) is 0 Å². The van der Waals surface area contributed by atoms with E-state index in [-0.39, 0.29) is 18.5 Å². The van der Waals surface area contributed by atoms with Gasteiger partial charge in [0.1, 0.15) is 0 Å². The highest BCUT2D eigenvalue weighted by Crippen LogP contribution is 2.19. The Balaban J connectivity index is 3.36. The SMILES string of the molecule is CCCCCCCCCCCCCCCCCCCCC(=O)OCCCCCCCCCCC/C=C\C/C=C\CCCCCCCCCCCCCCCCCC(=O)NC(CO)C(O)CCCCCCCCCCCCCCCCC. The maximum absolute atomic E-state index is 12.5. The summed E-state index contributed by atoms with van der Waals surface area (Å²) in [6, 6.07) is -0.541. The number of aliphatic hydroxyl groups excluding tert-OH is 2. The van der Waals surface area contributed by atoms with E-state index in [0.29, 0.717) is 25.9 Å². The quantitative estimate of drug-likeness (QED) is 0.0320. The summed E-state index contributed by atoms with van der Waals surface area (Å²) in [6.07, 6.45) is 89.6. The van der Waals surface area contributed by atoms with Gasteiger partial charge in [0, 0.05) is 12.8 Å². The highest BCUT2D eigenvalue weighted by Gasteiger charge is 2.20. The zero-order valence-corrected chi connectivity index (χ0v) is 55.0. The molecule has 2 atom stereocenters. The Kier molecular flexibility index (Phi) is 69.4. The summed E-state index contributed by atoms with van der Waals surface area (Å²) in [6.45, 7) is 4.99. The van der Waals surface area contributed by atoms with E-state index in [1.807, 2.05) is 0 Å². The maximum Gasteiger partial charge on any atom is 0.305 e. The molecule has 0 aromatic heterocycles. The second-order valence-electron chi connectivity index (χ2n) is 25.6. The minimum absolute atomic E-state index is 0.0184. The summed E-state index contributed by atoms with van der Waals surface area (Å²) >= 11 is 0. The van der Waals surface area contributed by atoms with Crippen molar-refractivity contribution in [1.29, 1.82) is 0 Å². The number of hydrogen-bond donors (Lipinski definition) is 3. The fraction of sp³-hybridized carbons (Fsp3) is 0.920. The number of unbranched alkanes of at least 4 members (excludes halogenated alkanes) is 55. The van der Waals surface area contributed by atoms with Crippen molar-refractivity contribution in [1.82, 2.24) is 5.32 Å². The third-order valence-corrected chi connectivity index (χ3v) is 17.5. The fourth-order valence-corrected chi connectivity index (χ4v) is 11.9. The Hall–Kier alpha value is -1.66. The monoisotopic (exact) mass is 1140 g/mol. The normalized spacial score (nSPS) is 12.6. The average molecular weight is 1140 g/mol. The van der Waals surface area contributed by atoms with Crippen LogP contribution < -0.4 is 5.32 Å². The third kappa shape index (κ3) is 67.3. The molecule has 2 unspecified atom stereocenters. The summed E-state index contributed by atoms with van der Waals surface area (Å²) in [4.78, 5) is 24.6. The van der Waals surface area contributed by atoms with Crippen molar-refractivity contribution in [3.8, 4) is 0 Å². The standard InChI is InChI=1S/C75H145NO5/c1-3-5-7-9-11-13-15-17-19-20-37-41-45-49-53-57-61-65-69-75(80)81-70-66-62-58-54-50-46-42-38-35-33-31-29-27-25-23-21-22-24-26-28-30-32-34-36-40-44-48-52-56-60-64-68-74(79)76-72(71-77)73(78)67-63-59-55-51-47-43-39-18-16-14-12-10-8-6-4-2/h23,25,29,31,72-73,77-78H,3-22,24,26-28,30,32-71H2,1-2H3,(H,76,79)/b25-23-,31-29-. The van der Waals surface area contributed by atoms with Gasteiger partial charge in [0.05, 0.1) is 25.4 Å². The topological polar surface area (TPSA) is 95.9 Å². The van der Waals surface area contributed by atoms with Crippen molar-refractivity contribution in [2.45, 2.75) is 431 Å². The Morgan fingerprint density at radius 1 is 0.346 bits per heavy atom. The van der Waals surface area contributed by atoms with Crippen LogP contribution in [0.1, 0.15) is 418 Å². The maximum atomic E-state index is 12.5. The predicted octanol–water partition coefficient (Wildman–Crippen LogP) is 24.1. The molecule has 0 heterocycles. The van der Waals surface area contributed by atoms with Crippen LogP contribution >= 0.6 is 0 Å². The van der Waals surface area contributed by atoms with Gasteiger partial charge < -0.3 is 20.3 Å². The lowest BCUT2D eigenvalue weighted by atomic mass is 10.0. The van der Waals surface area contributed by atoms with Crippen LogP contribution in [0.25, 0.3) is 0 Å². The van der Waals surface area contributed by atoms with E-state index in [2.05, 4.69) is 43.5 Å². The molecule has 0 radical (unpaired) electrons. The molecule has 0 aliphatic rings. The van der Waals surface area contributed by atoms with E-state index in [4.69, 9.17) is 4.74 Å². The summed E-state index contributed by atoms with van der Waals surface area (Å²) in [5, 5.41) is 23.3. The minimum atomic E-state index is -0.663. The summed E-state index contributed by atoms with van der Waals surface area (Å²) in [5.74, 6) is -0.0128. The van der Waals surface area contributed by atoms with E-state index >= 15 is 0 Å². The third-order valence-electron chi connectivity index (χ3n) is 17.5. The predicted molar refractivity (Wildman–Crippen MR) is 356 cm³/mol. The zero-order chi connectivity index (χ0) is 58.5. The molecule has 6 nitrogen and oxygen atoms in total. The Morgan fingerprint density at radius 2 is 0.617 bits per heavy atom. The van der Waals surface area contributed by atoms with Gasteiger partial charge >= 0.3 is 5.97 Å². The first-order chi connectivity index (χ1) is 40.0. The van der Waals surface area contributed by atoms with Crippen LogP contribution in [-0.4, -0.2) is 47.4 Å². The molecule has 0 saturated heterocycles. The first kappa shape index (κ1) is 79.3. The van der Waals surface area contributed by atoms with Gasteiger partial charge in [-0.3, -0.25) is 9.59 Å². The number of hydrogen-bond acceptors (Lipinski definition) is 5. The van der Waals surface area contributed by atoms with Gasteiger partial charge in [-0.15, -0.1) is 0 Å². The number of aliphatic hydroxyl groups is 2. The molecule has 0 spiro atoms. The van der Waals surface area contributed by atoms with Gasteiger partial charge in [0.15, 0.2) is 0 Å². The van der Waals surface area contributed by atoms with Crippen LogP contribution in [0, 0.1) is 0 Å². The van der Waals surface area contributed by atoms with E-state index < -0.39 is 12.1 Å². The van der Waals surface area contributed by atoms with Crippen LogP contribution in [0.2, 0.25) is 0 Å². The van der Waals surface area contributed by atoms with Gasteiger partial charge in [-0.1, -0.05) is 372 Å². The second-order valence-corrected chi connectivity index (χ2v) is 25.6. The lowest BCUT2D eigenvalue weighted by Crippen LogP contribution is -2.45. The van der Waals surface area contributed by atoms with Gasteiger partial charge in [0.25, 0.3) is 0 Å². The molecule has 0 fully saturated rings.